The minimum absolute atomic E-state index is 0.290. The lowest BCUT2D eigenvalue weighted by Crippen LogP contribution is -2.31. The van der Waals surface area contributed by atoms with Crippen molar-refractivity contribution < 1.29 is 4.79 Å². The highest BCUT2D eigenvalue weighted by Gasteiger charge is 2.03. The number of aromatic nitrogens is 2. The van der Waals surface area contributed by atoms with E-state index in [-0.39, 0.29) is 6.03 Å². The van der Waals surface area contributed by atoms with Gasteiger partial charge in [-0.25, -0.2) is 14.8 Å². The summed E-state index contributed by atoms with van der Waals surface area (Å²) in [6, 6.07) is 11.5. The van der Waals surface area contributed by atoms with Gasteiger partial charge >= 0.3 is 6.03 Å². The maximum Gasteiger partial charge on any atom is 0.321 e. The number of hydrogen-bond acceptors (Lipinski definition) is 3. The van der Waals surface area contributed by atoms with Crippen LogP contribution in [-0.4, -0.2) is 22.5 Å². The normalized spacial score (nSPS) is 9.95. The zero-order chi connectivity index (χ0) is 13.5. The molecule has 0 spiro atoms. The van der Waals surface area contributed by atoms with Crippen LogP contribution in [0.5, 0.6) is 0 Å². The second-order valence-electron chi connectivity index (χ2n) is 4.14. The van der Waals surface area contributed by atoms with Crippen molar-refractivity contribution in [1.82, 2.24) is 15.3 Å². The van der Waals surface area contributed by atoms with E-state index in [4.69, 9.17) is 0 Å². The standard InChI is InChI=1S/C14H16N4O/c1-11-7-9-15-13(17-11)18-14(19)16-10-8-12-5-3-2-4-6-12/h2-7,9H,8,10H2,1H3,(H2,15,16,17,18,19). The molecule has 1 heterocycles. The zero-order valence-electron chi connectivity index (χ0n) is 10.8. The van der Waals surface area contributed by atoms with Crippen molar-refractivity contribution in [2.24, 2.45) is 0 Å². The van der Waals surface area contributed by atoms with E-state index < -0.39 is 0 Å². The topological polar surface area (TPSA) is 66.9 Å². The number of nitrogens with zero attached hydrogens (tertiary/aromatic N) is 2. The molecular weight excluding hydrogens is 240 g/mol. The number of urea groups is 1. The molecule has 1 aromatic heterocycles. The number of carbonyl (C=O) groups is 1. The molecule has 0 aliphatic carbocycles. The summed E-state index contributed by atoms with van der Waals surface area (Å²) in [6.07, 6.45) is 2.41. The minimum atomic E-state index is -0.290. The Kier molecular flexibility index (Phi) is 4.44. The molecule has 0 radical (unpaired) electrons. The summed E-state index contributed by atoms with van der Waals surface area (Å²) in [6.45, 7) is 2.42. The fraction of sp³-hybridized carbons (Fsp3) is 0.214. The number of rotatable bonds is 4. The Morgan fingerprint density at radius 3 is 2.74 bits per heavy atom. The highest BCUT2D eigenvalue weighted by atomic mass is 16.2. The van der Waals surface area contributed by atoms with Crippen molar-refractivity contribution in [1.29, 1.82) is 0 Å². The lowest BCUT2D eigenvalue weighted by Gasteiger charge is -2.06. The first-order valence-corrected chi connectivity index (χ1v) is 6.12. The van der Waals surface area contributed by atoms with E-state index >= 15 is 0 Å². The monoisotopic (exact) mass is 256 g/mol. The predicted molar refractivity (Wildman–Crippen MR) is 73.9 cm³/mol. The van der Waals surface area contributed by atoms with Crippen molar-refractivity contribution >= 4 is 12.0 Å². The summed E-state index contributed by atoms with van der Waals surface area (Å²) in [5.74, 6) is 0.317. The molecular formula is C14H16N4O. The second-order valence-corrected chi connectivity index (χ2v) is 4.14. The van der Waals surface area contributed by atoms with Gasteiger partial charge in [-0.15, -0.1) is 0 Å². The Balaban J connectivity index is 1.76. The van der Waals surface area contributed by atoms with Gasteiger partial charge < -0.3 is 5.32 Å². The lowest BCUT2D eigenvalue weighted by molar-refractivity contribution is 0.252. The quantitative estimate of drug-likeness (QED) is 0.880. The number of carbonyl (C=O) groups excluding carboxylic acids is 1. The van der Waals surface area contributed by atoms with Crippen LogP contribution in [-0.2, 0) is 6.42 Å². The first-order chi connectivity index (χ1) is 9.24. The van der Waals surface area contributed by atoms with E-state index in [0.717, 1.165) is 12.1 Å². The van der Waals surface area contributed by atoms with E-state index in [1.54, 1.807) is 12.3 Å². The Morgan fingerprint density at radius 2 is 2.00 bits per heavy atom. The molecule has 0 unspecified atom stereocenters. The summed E-state index contributed by atoms with van der Waals surface area (Å²) in [5, 5.41) is 5.37. The molecule has 5 nitrogen and oxygen atoms in total. The molecule has 2 N–H and O–H groups in total. The number of benzene rings is 1. The van der Waals surface area contributed by atoms with Gasteiger partial charge in [-0.1, -0.05) is 30.3 Å². The molecule has 0 bridgehead atoms. The summed E-state index contributed by atoms with van der Waals surface area (Å²) in [7, 11) is 0. The van der Waals surface area contributed by atoms with Crippen LogP contribution in [0.2, 0.25) is 0 Å². The van der Waals surface area contributed by atoms with Gasteiger partial charge in [-0.2, -0.15) is 0 Å². The van der Waals surface area contributed by atoms with E-state index in [0.29, 0.717) is 12.5 Å². The number of nitrogens with one attached hydrogen (secondary N) is 2. The number of hydrogen-bond donors (Lipinski definition) is 2. The third kappa shape index (κ3) is 4.39. The number of anilines is 1. The van der Waals surface area contributed by atoms with Crippen LogP contribution in [0.25, 0.3) is 0 Å². The Bertz CT molecular complexity index is 542. The first-order valence-electron chi connectivity index (χ1n) is 6.12. The molecule has 5 heteroatoms. The molecule has 0 fully saturated rings. The third-order valence-corrected chi connectivity index (χ3v) is 2.56. The van der Waals surface area contributed by atoms with Gasteiger partial charge in [0.05, 0.1) is 0 Å². The summed E-state index contributed by atoms with van der Waals surface area (Å²) in [5.41, 5.74) is 2.00. The van der Waals surface area contributed by atoms with Crippen molar-refractivity contribution in [3.05, 3.63) is 53.9 Å². The predicted octanol–water partition coefficient (Wildman–Crippen LogP) is 2.15. The van der Waals surface area contributed by atoms with Gasteiger partial charge in [0.1, 0.15) is 0 Å². The molecule has 2 amide bonds. The van der Waals surface area contributed by atoms with Crippen LogP contribution in [0.3, 0.4) is 0 Å². The highest BCUT2D eigenvalue weighted by Crippen LogP contribution is 2.00. The molecule has 0 aliphatic heterocycles. The van der Waals surface area contributed by atoms with Gasteiger partial charge in [-0.05, 0) is 25.0 Å². The SMILES string of the molecule is Cc1ccnc(NC(=O)NCCc2ccccc2)n1. The third-order valence-electron chi connectivity index (χ3n) is 2.56. The van der Waals surface area contributed by atoms with Crippen LogP contribution in [0, 0.1) is 6.92 Å². The van der Waals surface area contributed by atoms with Gasteiger partial charge in [0.15, 0.2) is 0 Å². The van der Waals surface area contributed by atoms with Crippen molar-refractivity contribution in [2.75, 3.05) is 11.9 Å². The van der Waals surface area contributed by atoms with Gasteiger partial charge in [0.2, 0.25) is 5.95 Å². The first kappa shape index (κ1) is 13.0. The molecule has 0 aliphatic rings. The summed E-state index contributed by atoms with van der Waals surface area (Å²) in [4.78, 5) is 19.7. The van der Waals surface area contributed by atoms with Gasteiger partial charge in [0, 0.05) is 18.4 Å². The second kappa shape index (κ2) is 6.49. The van der Waals surface area contributed by atoms with E-state index in [1.165, 1.54) is 5.56 Å². The maximum atomic E-state index is 11.6. The fourth-order valence-corrected chi connectivity index (χ4v) is 1.62. The summed E-state index contributed by atoms with van der Waals surface area (Å²) < 4.78 is 0. The molecule has 2 rings (SSSR count). The maximum absolute atomic E-state index is 11.6. The van der Waals surface area contributed by atoms with E-state index in [1.807, 2.05) is 37.3 Å². The molecule has 0 saturated carbocycles. The van der Waals surface area contributed by atoms with Crippen LogP contribution >= 0.6 is 0 Å². The minimum Gasteiger partial charge on any atom is -0.337 e. The van der Waals surface area contributed by atoms with Crippen LogP contribution in [0.15, 0.2) is 42.6 Å². The Morgan fingerprint density at radius 1 is 1.21 bits per heavy atom. The van der Waals surface area contributed by atoms with Crippen LogP contribution in [0.1, 0.15) is 11.3 Å². The lowest BCUT2D eigenvalue weighted by atomic mass is 10.1. The van der Waals surface area contributed by atoms with E-state index in [9.17, 15) is 4.79 Å². The Labute approximate surface area is 112 Å². The number of amides is 2. The molecule has 1 aromatic carbocycles. The zero-order valence-corrected chi connectivity index (χ0v) is 10.8. The molecule has 98 valence electrons. The largest absolute Gasteiger partial charge is 0.337 e. The van der Waals surface area contributed by atoms with E-state index in [2.05, 4.69) is 20.6 Å². The molecule has 19 heavy (non-hydrogen) atoms. The Hall–Kier alpha value is -2.43. The van der Waals surface area contributed by atoms with Crippen molar-refractivity contribution in [3.8, 4) is 0 Å². The van der Waals surface area contributed by atoms with Crippen LogP contribution < -0.4 is 10.6 Å². The molecule has 0 saturated heterocycles. The molecule has 2 aromatic rings. The van der Waals surface area contributed by atoms with Crippen LogP contribution in [0.4, 0.5) is 10.7 Å². The average molecular weight is 256 g/mol. The smallest absolute Gasteiger partial charge is 0.321 e. The van der Waals surface area contributed by atoms with Crippen molar-refractivity contribution in [2.45, 2.75) is 13.3 Å². The fourth-order valence-electron chi connectivity index (χ4n) is 1.62. The van der Waals surface area contributed by atoms with Crippen molar-refractivity contribution in [3.63, 3.8) is 0 Å². The highest BCUT2D eigenvalue weighted by molar-refractivity contribution is 5.87. The average Bonchev–Trinajstić information content (AvgIpc) is 2.40. The van der Waals surface area contributed by atoms with Gasteiger partial charge in [0.25, 0.3) is 0 Å². The van der Waals surface area contributed by atoms with Gasteiger partial charge in [-0.3, -0.25) is 5.32 Å². The number of aryl methyl sites for hydroxylation is 1. The summed E-state index contributed by atoms with van der Waals surface area (Å²) >= 11 is 0. The molecule has 0 atom stereocenters.